The van der Waals surface area contributed by atoms with Crippen LogP contribution in [0, 0.1) is 11.6 Å². The van der Waals surface area contributed by atoms with Gasteiger partial charge in [0.25, 0.3) is 0 Å². The number of aliphatic hydroxyl groups is 2. The summed E-state index contributed by atoms with van der Waals surface area (Å²) in [5.41, 5.74) is -2.53. The van der Waals surface area contributed by atoms with E-state index in [2.05, 4.69) is 4.74 Å². The van der Waals surface area contributed by atoms with Gasteiger partial charge in [-0.1, -0.05) is 6.07 Å². The van der Waals surface area contributed by atoms with Crippen LogP contribution in [-0.2, 0) is 15.1 Å². The van der Waals surface area contributed by atoms with Crippen molar-refractivity contribution >= 4 is 5.97 Å². The Labute approximate surface area is 96.5 Å². The van der Waals surface area contributed by atoms with E-state index in [9.17, 15) is 23.8 Å². The lowest BCUT2D eigenvalue weighted by molar-refractivity contribution is -0.213. The summed E-state index contributed by atoms with van der Waals surface area (Å²) in [5.74, 6) is -2.69. The van der Waals surface area contributed by atoms with Crippen LogP contribution in [0.1, 0.15) is 19.4 Å². The first-order chi connectivity index (χ1) is 7.75. The van der Waals surface area contributed by atoms with Crippen LogP contribution in [0.25, 0.3) is 0 Å². The highest BCUT2D eigenvalue weighted by Crippen LogP contribution is 2.28. The molecule has 1 unspecified atom stereocenters. The Bertz CT molecular complexity index is 431. The number of benzene rings is 1. The van der Waals surface area contributed by atoms with Gasteiger partial charge in [-0.2, -0.15) is 0 Å². The summed E-state index contributed by atoms with van der Waals surface area (Å²) in [6.07, 6.45) is -1.94. The maximum Gasteiger partial charge on any atom is 0.305 e. The molecule has 2 atom stereocenters. The van der Waals surface area contributed by atoms with E-state index < -0.39 is 29.5 Å². The van der Waals surface area contributed by atoms with E-state index in [1.165, 1.54) is 0 Å². The first-order valence-electron chi connectivity index (χ1n) is 4.78. The Morgan fingerprint density at radius 1 is 1.47 bits per heavy atom. The summed E-state index contributed by atoms with van der Waals surface area (Å²) in [5, 5.41) is 19.3. The van der Waals surface area contributed by atoms with Crippen molar-refractivity contribution < 1.29 is 28.5 Å². The third-order valence-corrected chi connectivity index (χ3v) is 2.23. The molecular weight excluding hydrogens is 234 g/mol. The van der Waals surface area contributed by atoms with Crippen molar-refractivity contribution in [3.05, 3.63) is 35.4 Å². The van der Waals surface area contributed by atoms with Gasteiger partial charge in [-0.05, 0) is 13.0 Å². The maximum absolute atomic E-state index is 13.4. The largest absolute Gasteiger partial charge is 0.433 e. The average Bonchev–Trinajstić information content (AvgIpc) is 2.15. The second-order valence-electron chi connectivity index (χ2n) is 3.73. The Morgan fingerprint density at radius 2 is 2.06 bits per heavy atom. The molecule has 0 aliphatic heterocycles. The van der Waals surface area contributed by atoms with Gasteiger partial charge in [0, 0.05) is 18.6 Å². The highest BCUT2D eigenvalue weighted by atomic mass is 19.1. The molecule has 2 N–H and O–H groups in total. The number of esters is 1. The van der Waals surface area contributed by atoms with E-state index in [0.29, 0.717) is 6.07 Å². The molecule has 0 aliphatic rings. The van der Waals surface area contributed by atoms with Gasteiger partial charge in [-0.25, -0.2) is 8.78 Å². The minimum absolute atomic E-state index is 0.368. The zero-order valence-electron chi connectivity index (χ0n) is 9.28. The van der Waals surface area contributed by atoms with Crippen LogP contribution in [0.15, 0.2) is 18.2 Å². The molecule has 4 nitrogen and oxygen atoms in total. The summed E-state index contributed by atoms with van der Waals surface area (Å²) >= 11 is 0. The molecule has 0 saturated heterocycles. The highest BCUT2D eigenvalue weighted by Gasteiger charge is 2.37. The van der Waals surface area contributed by atoms with Crippen molar-refractivity contribution in [2.75, 3.05) is 0 Å². The number of aliphatic hydroxyl groups excluding tert-OH is 1. The second kappa shape index (κ2) is 4.77. The molecule has 0 aliphatic carbocycles. The van der Waals surface area contributed by atoms with Gasteiger partial charge in [0.1, 0.15) is 11.6 Å². The lowest BCUT2D eigenvalue weighted by Crippen LogP contribution is -2.40. The summed E-state index contributed by atoms with van der Waals surface area (Å²) in [7, 11) is 0. The van der Waals surface area contributed by atoms with Crippen LogP contribution in [0.3, 0.4) is 0 Å². The van der Waals surface area contributed by atoms with Gasteiger partial charge < -0.3 is 14.9 Å². The zero-order chi connectivity index (χ0) is 13.2. The molecule has 17 heavy (non-hydrogen) atoms. The van der Waals surface area contributed by atoms with Gasteiger partial charge in [-0.3, -0.25) is 4.79 Å². The van der Waals surface area contributed by atoms with Gasteiger partial charge in [0.2, 0.25) is 6.29 Å². The summed E-state index contributed by atoms with van der Waals surface area (Å²) in [4.78, 5) is 10.6. The van der Waals surface area contributed by atoms with Gasteiger partial charge >= 0.3 is 5.97 Å². The molecule has 0 spiro atoms. The Kier molecular flexibility index (Phi) is 3.79. The van der Waals surface area contributed by atoms with E-state index >= 15 is 0 Å². The lowest BCUT2D eigenvalue weighted by Gasteiger charge is -2.28. The molecule has 0 bridgehead atoms. The number of rotatable bonds is 3. The average molecular weight is 246 g/mol. The van der Waals surface area contributed by atoms with Gasteiger partial charge in [0.05, 0.1) is 0 Å². The number of carbonyl (C=O) groups excluding carboxylic acids is 1. The second-order valence-corrected chi connectivity index (χ2v) is 3.73. The molecule has 0 fully saturated rings. The third kappa shape index (κ3) is 2.98. The first kappa shape index (κ1) is 13.5. The van der Waals surface area contributed by atoms with Gasteiger partial charge in [0.15, 0.2) is 5.60 Å². The van der Waals surface area contributed by atoms with Crippen molar-refractivity contribution in [3.63, 3.8) is 0 Å². The standard InChI is InChI=1S/C11H12F2O4/c1-6(14)17-10(15)11(2,16)8-4-3-7(12)5-9(8)13/h3-5,10,15-16H,1-2H3/t10-,11?/m0/s1. The van der Waals surface area contributed by atoms with Crippen molar-refractivity contribution in [2.45, 2.75) is 25.7 Å². The molecule has 0 radical (unpaired) electrons. The lowest BCUT2D eigenvalue weighted by atomic mass is 9.94. The first-order valence-corrected chi connectivity index (χ1v) is 4.78. The predicted molar refractivity (Wildman–Crippen MR) is 53.7 cm³/mol. The fourth-order valence-corrected chi connectivity index (χ4v) is 1.30. The topological polar surface area (TPSA) is 66.8 Å². The van der Waals surface area contributed by atoms with Crippen LogP contribution in [0.2, 0.25) is 0 Å². The SMILES string of the molecule is CC(=O)O[C@H](O)C(C)(O)c1ccc(F)cc1F. The molecule has 1 aromatic rings. The Hall–Kier alpha value is -1.53. The minimum Gasteiger partial charge on any atom is -0.433 e. The summed E-state index contributed by atoms with van der Waals surface area (Å²) in [6.45, 7) is 2.08. The quantitative estimate of drug-likeness (QED) is 0.618. The Balaban J connectivity index is 3.07. The van der Waals surface area contributed by atoms with Crippen LogP contribution in [0.4, 0.5) is 8.78 Å². The fraction of sp³-hybridized carbons (Fsp3) is 0.364. The molecule has 1 rings (SSSR count). The molecule has 0 amide bonds. The van der Waals surface area contributed by atoms with E-state index in [1.807, 2.05) is 0 Å². The Morgan fingerprint density at radius 3 is 2.53 bits per heavy atom. The molecule has 0 heterocycles. The monoisotopic (exact) mass is 246 g/mol. The van der Waals surface area contributed by atoms with E-state index in [-0.39, 0.29) is 5.56 Å². The molecule has 0 saturated carbocycles. The summed E-state index contributed by atoms with van der Waals surface area (Å²) < 4.78 is 30.4. The van der Waals surface area contributed by atoms with E-state index in [0.717, 1.165) is 26.0 Å². The molecule has 6 heteroatoms. The number of hydrogen-bond acceptors (Lipinski definition) is 4. The number of ether oxygens (including phenoxy) is 1. The number of halogens is 2. The zero-order valence-corrected chi connectivity index (χ0v) is 9.28. The smallest absolute Gasteiger partial charge is 0.305 e. The molecule has 94 valence electrons. The highest BCUT2D eigenvalue weighted by molar-refractivity contribution is 5.66. The van der Waals surface area contributed by atoms with Crippen LogP contribution in [-0.4, -0.2) is 22.5 Å². The predicted octanol–water partition coefficient (Wildman–Crippen LogP) is 1.05. The van der Waals surface area contributed by atoms with Crippen molar-refractivity contribution in [1.82, 2.24) is 0 Å². The number of hydrogen-bond donors (Lipinski definition) is 2. The van der Waals surface area contributed by atoms with E-state index in [1.54, 1.807) is 0 Å². The van der Waals surface area contributed by atoms with Crippen molar-refractivity contribution in [2.24, 2.45) is 0 Å². The van der Waals surface area contributed by atoms with E-state index in [4.69, 9.17) is 0 Å². The normalized spacial score (nSPS) is 16.1. The van der Waals surface area contributed by atoms with Crippen molar-refractivity contribution in [3.8, 4) is 0 Å². The maximum atomic E-state index is 13.4. The number of carbonyl (C=O) groups is 1. The van der Waals surface area contributed by atoms with Crippen LogP contribution >= 0.6 is 0 Å². The summed E-state index contributed by atoms with van der Waals surface area (Å²) in [6, 6.07) is 2.45. The molecule has 0 aromatic heterocycles. The van der Waals surface area contributed by atoms with Crippen LogP contribution in [0.5, 0.6) is 0 Å². The third-order valence-electron chi connectivity index (χ3n) is 2.23. The minimum atomic E-state index is -2.16. The van der Waals surface area contributed by atoms with Crippen molar-refractivity contribution in [1.29, 1.82) is 0 Å². The van der Waals surface area contributed by atoms with Crippen LogP contribution < -0.4 is 0 Å². The molecule has 1 aromatic carbocycles. The fourth-order valence-electron chi connectivity index (χ4n) is 1.30. The molecular formula is C11H12F2O4. The van der Waals surface area contributed by atoms with Gasteiger partial charge in [-0.15, -0.1) is 0 Å².